The van der Waals surface area contributed by atoms with Crippen molar-refractivity contribution in [2.75, 3.05) is 59.5 Å². The number of hydrogen-bond donors (Lipinski definition) is 0. The summed E-state index contributed by atoms with van der Waals surface area (Å²) in [6.07, 6.45) is 4.15. The molecule has 4 nitrogen and oxygen atoms in total. The summed E-state index contributed by atoms with van der Waals surface area (Å²) in [6.45, 7) is 22.6. The topological polar surface area (TPSA) is 19.0 Å². The highest BCUT2D eigenvalue weighted by Gasteiger charge is 2.23. The highest BCUT2D eigenvalue weighted by molar-refractivity contribution is 4.80. The van der Waals surface area contributed by atoms with E-state index >= 15 is 0 Å². The summed E-state index contributed by atoms with van der Waals surface area (Å²) in [4.78, 5) is 7.45. The maximum absolute atomic E-state index is 5.69. The number of likely N-dealkylation sites (tertiary alicyclic amines) is 1. The molecule has 0 aromatic heterocycles. The van der Waals surface area contributed by atoms with E-state index < -0.39 is 0 Å². The third kappa shape index (κ3) is 9.97. The van der Waals surface area contributed by atoms with Crippen molar-refractivity contribution >= 4 is 0 Å². The van der Waals surface area contributed by atoms with E-state index in [0.717, 1.165) is 13.2 Å². The van der Waals surface area contributed by atoms with Crippen LogP contribution in [0.25, 0.3) is 0 Å². The van der Waals surface area contributed by atoms with Gasteiger partial charge in [0.25, 0.3) is 0 Å². The van der Waals surface area contributed by atoms with Crippen molar-refractivity contribution in [1.82, 2.24) is 14.7 Å². The van der Waals surface area contributed by atoms with E-state index in [1.807, 2.05) is 0 Å². The van der Waals surface area contributed by atoms with Gasteiger partial charge < -0.3 is 14.5 Å². The van der Waals surface area contributed by atoms with E-state index in [0.29, 0.717) is 5.54 Å². The first-order chi connectivity index (χ1) is 11.1. The first-order valence-corrected chi connectivity index (χ1v) is 9.88. The number of hydrogen-bond acceptors (Lipinski definition) is 4. The lowest BCUT2D eigenvalue weighted by Crippen LogP contribution is -2.52. The van der Waals surface area contributed by atoms with Crippen molar-refractivity contribution in [2.24, 2.45) is 0 Å². The number of rotatable bonds is 3. The molecule has 2 rings (SSSR count). The van der Waals surface area contributed by atoms with Crippen LogP contribution in [0.4, 0.5) is 0 Å². The second-order valence-electron chi connectivity index (χ2n) is 9.32. The molecular formula is C20H43N3O. The third-order valence-electron chi connectivity index (χ3n) is 4.84. The lowest BCUT2D eigenvalue weighted by Gasteiger charge is -2.41. The van der Waals surface area contributed by atoms with Crippen LogP contribution in [-0.2, 0) is 4.74 Å². The number of nitrogens with zero attached hydrogens (tertiary/aromatic N) is 3. The minimum absolute atomic E-state index is 0.0236. The van der Waals surface area contributed by atoms with Gasteiger partial charge in [-0.1, -0.05) is 6.42 Å². The van der Waals surface area contributed by atoms with Gasteiger partial charge in [0.2, 0.25) is 0 Å². The Balaban J connectivity index is 0.000000243. The van der Waals surface area contributed by atoms with Gasteiger partial charge in [-0.2, -0.15) is 0 Å². The Kier molecular flexibility index (Phi) is 9.21. The zero-order valence-corrected chi connectivity index (χ0v) is 17.5. The molecule has 0 aliphatic carbocycles. The molecule has 2 aliphatic rings. The van der Waals surface area contributed by atoms with Crippen molar-refractivity contribution in [2.45, 2.75) is 71.9 Å². The lowest BCUT2D eigenvalue weighted by molar-refractivity contribution is -0.0147. The zero-order chi connectivity index (χ0) is 18.2. The summed E-state index contributed by atoms with van der Waals surface area (Å²) < 4.78 is 5.69. The molecule has 2 fully saturated rings. The van der Waals surface area contributed by atoms with Crippen LogP contribution in [0.3, 0.4) is 0 Å². The summed E-state index contributed by atoms with van der Waals surface area (Å²) in [6, 6.07) is 0. The van der Waals surface area contributed by atoms with Gasteiger partial charge in [-0.05, 0) is 74.5 Å². The maximum atomic E-state index is 5.69. The van der Waals surface area contributed by atoms with Crippen molar-refractivity contribution in [3.8, 4) is 0 Å². The highest BCUT2D eigenvalue weighted by atomic mass is 16.5. The van der Waals surface area contributed by atoms with Crippen molar-refractivity contribution < 1.29 is 4.74 Å². The van der Waals surface area contributed by atoms with Gasteiger partial charge in [-0.3, -0.25) is 4.90 Å². The number of likely N-dealkylation sites (N-methyl/N-ethyl adjacent to an activating group) is 1. The first kappa shape index (κ1) is 21.9. The third-order valence-corrected chi connectivity index (χ3v) is 4.84. The molecule has 24 heavy (non-hydrogen) atoms. The number of piperidine rings is 1. The van der Waals surface area contributed by atoms with E-state index in [2.05, 4.69) is 63.3 Å². The van der Waals surface area contributed by atoms with Gasteiger partial charge >= 0.3 is 0 Å². The van der Waals surface area contributed by atoms with Crippen LogP contribution in [-0.4, -0.2) is 85.3 Å². The standard InChI is InChI=1S/C11H23NO.C9H20N2/c1-11(2,3)13-10-9-12-7-5-4-6-8-12;1-9(2,3)11-7-5-10(4)6-8-11/h4-10H2,1-3H3;5-8H2,1-4H3. The molecule has 0 amide bonds. The predicted octanol–water partition coefficient (Wildman–Crippen LogP) is 3.32. The zero-order valence-electron chi connectivity index (χ0n) is 17.5. The Bertz CT molecular complexity index is 319. The minimum atomic E-state index is 0.0236. The van der Waals surface area contributed by atoms with Gasteiger partial charge in [0, 0.05) is 38.3 Å². The van der Waals surface area contributed by atoms with Crippen LogP contribution in [0, 0.1) is 0 Å². The SMILES string of the molecule is CC(C)(C)OCCN1CCCCC1.CN1CCN(C(C)(C)C)CC1. The van der Waals surface area contributed by atoms with Crippen LogP contribution >= 0.6 is 0 Å². The molecule has 0 aromatic carbocycles. The molecule has 0 bridgehead atoms. The van der Waals surface area contributed by atoms with Crippen LogP contribution in [0.2, 0.25) is 0 Å². The van der Waals surface area contributed by atoms with Crippen molar-refractivity contribution in [3.63, 3.8) is 0 Å². The van der Waals surface area contributed by atoms with Crippen LogP contribution in [0.1, 0.15) is 60.8 Å². The molecule has 0 aromatic rings. The predicted molar refractivity (Wildman–Crippen MR) is 105 cm³/mol. The average Bonchev–Trinajstić information content (AvgIpc) is 2.47. The van der Waals surface area contributed by atoms with Crippen molar-refractivity contribution in [3.05, 3.63) is 0 Å². The second kappa shape index (κ2) is 10.1. The van der Waals surface area contributed by atoms with Gasteiger partial charge in [0.05, 0.1) is 12.2 Å². The maximum Gasteiger partial charge on any atom is 0.0600 e. The molecule has 2 heterocycles. The smallest absolute Gasteiger partial charge is 0.0600 e. The van der Waals surface area contributed by atoms with E-state index in [1.165, 1.54) is 58.5 Å². The molecule has 144 valence electrons. The second-order valence-corrected chi connectivity index (χ2v) is 9.32. The summed E-state index contributed by atoms with van der Waals surface area (Å²) >= 11 is 0. The molecule has 0 spiro atoms. The molecule has 2 saturated heterocycles. The monoisotopic (exact) mass is 341 g/mol. The Labute approximate surface area is 151 Å². The molecule has 0 atom stereocenters. The van der Waals surface area contributed by atoms with Crippen LogP contribution in [0.15, 0.2) is 0 Å². The molecule has 2 aliphatic heterocycles. The summed E-state index contributed by atoms with van der Waals surface area (Å²) in [7, 11) is 2.19. The molecule has 0 radical (unpaired) electrons. The average molecular weight is 342 g/mol. The highest BCUT2D eigenvalue weighted by Crippen LogP contribution is 2.14. The van der Waals surface area contributed by atoms with E-state index in [9.17, 15) is 0 Å². The molecule has 4 heteroatoms. The van der Waals surface area contributed by atoms with E-state index in [1.54, 1.807) is 0 Å². The normalized spacial score (nSPS) is 22.1. The van der Waals surface area contributed by atoms with Gasteiger partial charge in [-0.25, -0.2) is 0 Å². The Morgan fingerprint density at radius 2 is 1.29 bits per heavy atom. The first-order valence-electron chi connectivity index (χ1n) is 9.88. The van der Waals surface area contributed by atoms with E-state index in [4.69, 9.17) is 4.74 Å². The van der Waals surface area contributed by atoms with Gasteiger partial charge in [0.1, 0.15) is 0 Å². The Morgan fingerprint density at radius 3 is 1.75 bits per heavy atom. The Hall–Kier alpha value is -0.160. The summed E-state index contributed by atoms with van der Waals surface area (Å²) in [5, 5.41) is 0. The molecule has 0 unspecified atom stereocenters. The minimum Gasteiger partial charge on any atom is -0.375 e. The quantitative estimate of drug-likeness (QED) is 0.784. The molecule has 0 saturated carbocycles. The Morgan fingerprint density at radius 1 is 0.750 bits per heavy atom. The fourth-order valence-corrected chi connectivity index (χ4v) is 3.14. The number of ether oxygens (including phenoxy) is 1. The largest absolute Gasteiger partial charge is 0.375 e. The van der Waals surface area contributed by atoms with Crippen molar-refractivity contribution in [1.29, 1.82) is 0 Å². The van der Waals surface area contributed by atoms with Gasteiger partial charge in [0.15, 0.2) is 0 Å². The molecule has 0 N–H and O–H groups in total. The fourth-order valence-electron chi connectivity index (χ4n) is 3.14. The lowest BCUT2D eigenvalue weighted by atomic mass is 10.1. The van der Waals surface area contributed by atoms with Gasteiger partial charge in [-0.15, -0.1) is 0 Å². The molecular weight excluding hydrogens is 298 g/mol. The van der Waals surface area contributed by atoms with E-state index in [-0.39, 0.29) is 5.60 Å². The van der Waals surface area contributed by atoms with Crippen LogP contribution in [0.5, 0.6) is 0 Å². The number of piperazine rings is 1. The summed E-state index contributed by atoms with van der Waals surface area (Å²) in [5.41, 5.74) is 0.386. The summed E-state index contributed by atoms with van der Waals surface area (Å²) in [5.74, 6) is 0. The fraction of sp³-hybridized carbons (Fsp3) is 1.00. The van der Waals surface area contributed by atoms with Crippen LogP contribution < -0.4 is 0 Å².